The SMILES string of the molecule is N#Cc1cnn(C(=O)C2CCN(C(=O)c3ccc(Br)cc3)CC2)c1N. The second kappa shape index (κ2) is 7.07. The fourth-order valence-corrected chi connectivity index (χ4v) is 3.16. The van der Waals surface area contributed by atoms with Crippen LogP contribution in [0.2, 0.25) is 0 Å². The largest absolute Gasteiger partial charge is 0.382 e. The van der Waals surface area contributed by atoms with Gasteiger partial charge in [0.1, 0.15) is 17.5 Å². The molecule has 1 amide bonds. The molecule has 25 heavy (non-hydrogen) atoms. The minimum absolute atomic E-state index is 0.0382. The summed E-state index contributed by atoms with van der Waals surface area (Å²) in [6, 6.07) is 9.11. The smallest absolute Gasteiger partial charge is 0.253 e. The van der Waals surface area contributed by atoms with Crippen molar-refractivity contribution in [3.63, 3.8) is 0 Å². The summed E-state index contributed by atoms with van der Waals surface area (Å²) in [5, 5.41) is 12.8. The lowest BCUT2D eigenvalue weighted by Crippen LogP contribution is -2.41. The average molecular weight is 402 g/mol. The van der Waals surface area contributed by atoms with E-state index in [1.165, 1.54) is 6.20 Å². The zero-order valence-corrected chi connectivity index (χ0v) is 14.9. The van der Waals surface area contributed by atoms with Crippen molar-refractivity contribution >= 4 is 33.6 Å². The van der Waals surface area contributed by atoms with Gasteiger partial charge in [0.15, 0.2) is 0 Å². The second-order valence-electron chi connectivity index (χ2n) is 5.88. The number of hydrogen-bond acceptors (Lipinski definition) is 5. The summed E-state index contributed by atoms with van der Waals surface area (Å²) in [4.78, 5) is 26.8. The monoisotopic (exact) mass is 401 g/mol. The van der Waals surface area contributed by atoms with Gasteiger partial charge in [-0.1, -0.05) is 15.9 Å². The maximum Gasteiger partial charge on any atom is 0.253 e. The standard InChI is InChI=1S/C17H16BrN5O2/c18-14-3-1-11(2-4-14)16(24)22-7-5-12(6-8-22)17(25)23-15(20)13(9-19)10-21-23/h1-4,10,12H,5-8,20H2. The Kier molecular flexibility index (Phi) is 4.86. The molecule has 3 rings (SSSR count). The van der Waals surface area contributed by atoms with Crippen LogP contribution in [0, 0.1) is 17.2 Å². The summed E-state index contributed by atoms with van der Waals surface area (Å²) in [6.07, 6.45) is 2.38. The summed E-state index contributed by atoms with van der Waals surface area (Å²) >= 11 is 3.35. The molecule has 0 atom stereocenters. The Balaban J connectivity index is 1.64. The molecule has 0 bridgehead atoms. The zero-order valence-electron chi connectivity index (χ0n) is 13.4. The molecule has 2 N–H and O–H groups in total. The number of halogens is 1. The van der Waals surface area contributed by atoms with E-state index in [-0.39, 0.29) is 29.1 Å². The number of rotatable bonds is 2. The number of piperidine rings is 1. The molecule has 2 aromatic rings. The molecule has 128 valence electrons. The molecule has 8 heteroatoms. The molecule has 1 saturated heterocycles. The van der Waals surface area contributed by atoms with Crippen LogP contribution in [0.15, 0.2) is 34.9 Å². The van der Waals surface area contributed by atoms with Gasteiger partial charge in [0.05, 0.1) is 6.20 Å². The molecule has 0 radical (unpaired) electrons. The van der Waals surface area contributed by atoms with Gasteiger partial charge >= 0.3 is 0 Å². The Morgan fingerprint density at radius 3 is 2.44 bits per heavy atom. The molecule has 0 spiro atoms. The number of carbonyl (C=O) groups is 2. The van der Waals surface area contributed by atoms with E-state index >= 15 is 0 Å². The van der Waals surface area contributed by atoms with E-state index in [4.69, 9.17) is 11.0 Å². The lowest BCUT2D eigenvalue weighted by Gasteiger charge is -2.31. The lowest BCUT2D eigenvalue weighted by molar-refractivity contribution is 0.0615. The van der Waals surface area contributed by atoms with E-state index in [1.54, 1.807) is 17.0 Å². The number of hydrogen-bond donors (Lipinski definition) is 1. The number of nitrogens with zero attached hydrogens (tertiary/aromatic N) is 4. The van der Waals surface area contributed by atoms with Gasteiger partial charge in [-0.2, -0.15) is 15.0 Å². The summed E-state index contributed by atoms with van der Waals surface area (Å²) in [5.41, 5.74) is 6.59. The molecule has 0 aliphatic carbocycles. The van der Waals surface area contributed by atoms with Crippen molar-refractivity contribution in [2.45, 2.75) is 12.8 Å². The van der Waals surface area contributed by atoms with Gasteiger partial charge in [0, 0.05) is 29.0 Å². The van der Waals surface area contributed by atoms with Crippen molar-refractivity contribution in [2.75, 3.05) is 18.8 Å². The second-order valence-corrected chi connectivity index (χ2v) is 6.79. The topological polar surface area (TPSA) is 105 Å². The predicted octanol–water partition coefficient (Wildman–Crippen LogP) is 2.29. The van der Waals surface area contributed by atoms with Crippen LogP contribution >= 0.6 is 15.9 Å². The first-order valence-corrected chi connectivity index (χ1v) is 8.63. The van der Waals surface area contributed by atoms with Gasteiger partial charge in [0.25, 0.3) is 11.8 Å². The van der Waals surface area contributed by atoms with Gasteiger partial charge in [-0.3, -0.25) is 9.59 Å². The third-order valence-electron chi connectivity index (χ3n) is 4.36. The Morgan fingerprint density at radius 1 is 1.24 bits per heavy atom. The third kappa shape index (κ3) is 3.42. The number of benzene rings is 1. The third-order valence-corrected chi connectivity index (χ3v) is 4.89. The number of likely N-dealkylation sites (tertiary alicyclic amines) is 1. The summed E-state index contributed by atoms with van der Waals surface area (Å²) in [7, 11) is 0. The normalized spacial score (nSPS) is 15.0. The number of nitriles is 1. The van der Waals surface area contributed by atoms with E-state index in [2.05, 4.69) is 21.0 Å². The molecular weight excluding hydrogens is 386 g/mol. The number of amides is 1. The fraction of sp³-hybridized carbons (Fsp3) is 0.294. The molecule has 2 heterocycles. The zero-order chi connectivity index (χ0) is 18.0. The Bertz CT molecular complexity index is 845. The number of nitrogens with two attached hydrogens (primary N) is 1. The predicted molar refractivity (Wildman–Crippen MR) is 94.8 cm³/mol. The van der Waals surface area contributed by atoms with E-state index < -0.39 is 0 Å². The fourth-order valence-electron chi connectivity index (χ4n) is 2.90. The van der Waals surface area contributed by atoms with Gasteiger partial charge in [0.2, 0.25) is 0 Å². The van der Waals surface area contributed by atoms with Crippen LogP contribution in [0.25, 0.3) is 0 Å². The Labute approximate surface area is 153 Å². The molecule has 1 fully saturated rings. The van der Waals surface area contributed by atoms with E-state index in [0.29, 0.717) is 31.5 Å². The van der Waals surface area contributed by atoms with Gasteiger partial charge in [-0.15, -0.1) is 0 Å². The highest BCUT2D eigenvalue weighted by atomic mass is 79.9. The molecule has 0 saturated carbocycles. The first-order valence-electron chi connectivity index (χ1n) is 7.84. The Hall–Kier alpha value is -2.66. The van der Waals surface area contributed by atoms with Crippen LogP contribution in [-0.4, -0.2) is 39.6 Å². The molecule has 1 aliphatic heterocycles. The van der Waals surface area contributed by atoms with Gasteiger partial charge < -0.3 is 10.6 Å². The van der Waals surface area contributed by atoms with Crippen LogP contribution in [0.1, 0.15) is 33.6 Å². The minimum Gasteiger partial charge on any atom is -0.382 e. The minimum atomic E-state index is -0.261. The Morgan fingerprint density at radius 2 is 1.88 bits per heavy atom. The molecular formula is C17H16BrN5O2. The summed E-state index contributed by atoms with van der Waals surface area (Å²) < 4.78 is 2.01. The number of carbonyl (C=O) groups excluding carboxylic acids is 2. The first-order chi connectivity index (χ1) is 12.0. The van der Waals surface area contributed by atoms with Crippen LogP contribution in [0.5, 0.6) is 0 Å². The van der Waals surface area contributed by atoms with Crippen molar-refractivity contribution in [1.82, 2.24) is 14.7 Å². The number of nitrogen functional groups attached to an aromatic ring is 1. The van der Waals surface area contributed by atoms with Crippen molar-refractivity contribution in [1.29, 1.82) is 5.26 Å². The van der Waals surface area contributed by atoms with E-state index in [0.717, 1.165) is 9.15 Å². The summed E-state index contributed by atoms with van der Waals surface area (Å²) in [5.74, 6) is -0.456. The van der Waals surface area contributed by atoms with E-state index in [9.17, 15) is 9.59 Å². The van der Waals surface area contributed by atoms with Crippen LogP contribution in [-0.2, 0) is 0 Å². The number of aromatic nitrogens is 2. The van der Waals surface area contributed by atoms with Crippen molar-refractivity contribution in [2.24, 2.45) is 5.92 Å². The van der Waals surface area contributed by atoms with E-state index in [1.807, 2.05) is 18.2 Å². The first kappa shape index (κ1) is 17.2. The highest BCUT2D eigenvalue weighted by Crippen LogP contribution is 2.23. The van der Waals surface area contributed by atoms with Crippen molar-refractivity contribution in [3.8, 4) is 6.07 Å². The van der Waals surface area contributed by atoms with Crippen molar-refractivity contribution in [3.05, 3.63) is 46.1 Å². The summed E-state index contributed by atoms with van der Waals surface area (Å²) in [6.45, 7) is 0.995. The highest BCUT2D eigenvalue weighted by Gasteiger charge is 2.30. The van der Waals surface area contributed by atoms with Crippen LogP contribution in [0.3, 0.4) is 0 Å². The highest BCUT2D eigenvalue weighted by molar-refractivity contribution is 9.10. The maximum atomic E-state index is 12.5. The van der Waals surface area contributed by atoms with Crippen molar-refractivity contribution < 1.29 is 9.59 Å². The molecule has 1 aromatic heterocycles. The van der Waals surface area contributed by atoms with Gasteiger partial charge in [-0.05, 0) is 37.1 Å². The molecule has 1 aromatic carbocycles. The number of anilines is 1. The quantitative estimate of drug-likeness (QED) is 0.830. The average Bonchev–Trinajstić information content (AvgIpc) is 3.02. The van der Waals surface area contributed by atoms with Gasteiger partial charge in [-0.25, -0.2) is 0 Å². The molecule has 0 unspecified atom stereocenters. The van der Waals surface area contributed by atoms with Crippen LogP contribution in [0.4, 0.5) is 5.82 Å². The maximum absolute atomic E-state index is 12.5. The molecule has 1 aliphatic rings. The van der Waals surface area contributed by atoms with Crippen LogP contribution < -0.4 is 5.73 Å². The molecule has 7 nitrogen and oxygen atoms in total. The lowest BCUT2D eigenvalue weighted by atomic mass is 9.95.